The lowest BCUT2D eigenvalue weighted by molar-refractivity contribution is 0.735. The van der Waals surface area contributed by atoms with Gasteiger partial charge in [-0.3, -0.25) is 0 Å². The van der Waals surface area contributed by atoms with Gasteiger partial charge in [0, 0.05) is 49.4 Å². The first-order chi connectivity index (χ1) is 27.2. The van der Waals surface area contributed by atoms with Gasteiger partial charge in [0.2, 0.25) is 0 Å². The second-order valence-corrected chi connectivity index (χ2v) is 14.7. The van der Waals surface area contributed by atoms with E-state index >= 15 is 0 Å². The quantitative estimate of drug-likeness (QED) is 0.179. The van der Waals surface area contributed by atoms with E-state index < -0.39 is 0 Å². The molecule has 0 saturated carbocycles. The van der Waals surface area contributed by atoms with E-state index in [2.05, 4.69) is 186 Å². The molecule has 0 fully saturated rings. The van der Waals surface area contributed by atoms with Crippen molar-refractivity contribution in [3.05, 3.63) is 182 Å². The summed E-state index contributed by atoms with van der Waals surface area (Å²) in [6.07, 6.45) is 8.04. The predicted octanol–water partition coefficient (Wildman–Crippen LogP) is 13.3. The molecule has 0 spiro atoms. The summed E-state index contributed by atoms with van der Waals surface area (Å²) in [4.78, 5) is 10.1. The van der Waals surface area contributed by atoms with E-state index in [1.54, 1.807) is 0 Å². The second kappa shape index (κ2) is 12.5. The van der Waals surface area contributed by atoms with Crippen LogP contribution < -0.4 is 0 Å². The summed E-state index contributed by atoms with van der Waals surface area (Å²) in [6.45, 7) is 2.27. The van der Waals surface area contributed by atoms with E-state index in [-0.39, 0.29) is 0 Å². The molecule has 0 N–H and O–H groups in total. The summed E-state index contributed by atoms with van der Waals surface area (Å²) < 4.78 is 4.81. The molecule has 11 rings (SSSR count). The fourth-order valence-electron chi connectivity index (χ4n) is 8.52. The Morgan fingerprint density at radius 2 is 1.09 bits per heavy atom. The van der Waals surface area contributed by atoms with Gasteiger partial charge in [0.15, 0.2) is 5.82 Å². The smallest absolute Gasteiger partial charge is 0.160 e. The number of nitrogens with zero attached hydrogens (tertiary/aromatic N) is 4. The minimum atomic E-state index is 0.568. The van der Waals surface area contributed by atoms with E-state index in [9.17, 15) is 0 Å². The molecule has 4 nitrogen and oxygen atoms in total. The van der Waals surface area contributed by atoms with Crippen LogP contribution in [0.3, 0.4) is 0 Å². The molecule has 3 aromatic heterocycles. The molecule has 1 unspecified atom stereocenters. The van der Waals surface area contributed by atoms with E-state index in [4.69, 9.17) is 9.97 Å². The largest absolute Gasteiger partial charge is 0.310 e. The highest BCUT2D eigenvalue weighted by Gasteiger charge is 2.18. The molecule has 1 atom stereocenters. The Morgan fingerprint density at radius 3 is 1.87 bits per heavy atom. The topological polar surface area (TPSA) is 35.6 Å². The summed E-state index contributed by atoms with van der Waals surface area (Å²) in [5.74, 6) is 1.29. The maximum atomic E-state index is 5.12. The van der Waals surface area contributed by atoms with Crippen molar-refractivity contribution in [3.63, 3.8) is 0 Å². The number of hydrogen-bond donors (Lipinski definition) is 0. The summed E-state index contributed by atoms with van der Waals surface area (Å²) in [5, 5.41) is 6.06. The third-order valence-corrected chi connectivity index (χ3v) is 11.3. The third kappa shape index (κ3) is 5.14. The standard InChI is InChI=1S/C51H36N4/c1-33-19-25-38(26-20-33)54-47-18-10-7-14-41(47)44-31-36(24-30-48(44)54)37-23-29-42-40-13-6-9-17-46(40)55(49(42)32-37)39-27-21-35(22-28-39)51-52-45-16-8-5-15-43(45)50(53-51)34-11-3-2-4-12-34/h2-19,21-33H,20H2,1H3. The highest BCUT2D eigenvalue weighted by Crippen LogP contribution is 2.39. The van der Waals surface area contributed by atoms with Crippen molar-refractivity contribution in [2.75, 3.05) is 0 Å². The Morgan fingerprint density at radius 1 is 0.473 bits per heavy atom. The number of para-hydroxylation sites is 3. The van der Waals surface area contributed by atoms with Gasteiger partial charge in [0.25, 0.3) is 0 Å². The summed E-state index contributed by atoms with van der Waals surface area (Å²) in [7, 11) is 0. The first kappa shape index (κ1) is 31.5. The molecule has 55 heavy (non-hydrogen) atoms. The summed E-state index contributed by atoms with van der Waals surface area (Å²) in [5.41, 5.74) is 13.5. The van der Waals surface area contributed by atoms with Gasteiger partial charge in [-0.15, -0.1) is 0 Å². The number of fused-ring (bicyclic) bond motifs is 7. The molecule has 0 saturated heterocycles. The summed E-state index contributed by atoms with van der Waals surface area (Å²) >= 11 is 0. The minimum absolute atomic E-state index is 0.568. The van der Waals surface area contributed by atoms with Crippen LogP contribution in [-0.4, -0.2) is 19.1 Å². The molecule has 4 heteroatoms. The number of hydrogen-bond acceptors (Lipinski definition) is 2. The van der Waals surface area contributed by atoms with Crippen molar-refractivity contribution in [3.8, 4) is 39.5 Å². The molecule has 0 amide bonds. The van der Waals surface area contributed by atoms with Crippen LogP contribution in [0.25, 0.3) is 99.7 Å². The van der Waals surface area contributed by atoms with Crippen LogP contribution in [-0.2, 0) is 0 Å². The van der Waals surface area contributed by atoms with Gasteiger partial charge >= 0.3 is 0 Å². The molecule has 0 aliphatic heterocycles. The van der Waals surface area contributed by atoms with Crippen LogP contribution in [0.2, 0.25) is 0 Å². The third-order valence-electron chi connectivity index (χ3n) is 11.3. The number of benzene rings is 7. The van der Waals surface area contributed by atoms with E-state index in [1.807, 2.05) is 12.1 Å². The zero-order valence-corrected chi connectivity index (χ0v) is 30.4. The Labute approximate surface area is 319 Å². The van der Waals surface area contributed by atoms with Gasteiger partial charge in [-0.1, -0.05) is 122 Å². The maximum absolute atomic E-state index is 5.12. The molecule has 1 aliphatic carbocycles. The van der Waals surface area contributed by atoms with E-state index in [0.29, 0.717) is 5.92 Å². The first-order valence-corrected chi connectivity index (χ1v) is 19.1. The molecular formula is C51H36N4. The van der Waals surface area contributed by atoms with E-state index in [1.165, 1.54) is 60.4 Å². The lowest BCUT2D eigenvalue weighted by Gasteiger charge is -2.15. The Hall–Kier alpha value is -7.04. The maximum Gasteiger partial charge on any atom is 0.160 e. The second-order valence-electron chi connectivity index (χ2n) is 14.7. The number of rotatable bonds is 5. The van der Waals surface area contributed by atoms with Gasteiger partial charge in [-0.05, 0) is 90.2 Å². The highest BCUT2D eigenvalue weighted by atomic mass is 15.0. The van der Waals surface area contributed by atoms with Gasteiger partial charge in [0.1, 0.15) is 0 Å². The molecule has 0 radical (unpaired) electrons. The molecule has 7 aromatic carbocycles. The molecule has 10 aromatic rings. The fraction of sp³-hybridized carbons (Fsp3) is 0.0588. The van der Waals surface area contributed by atoms with Gasteiger partial charge < -0.3 is 9.13 Å². The van der Waals surface area contributed by atoms with Gasteiger partial charge in [0.05, 0.1) is 33.3 Å². The molecule has 1 aliphatic rings. The van der Waals surface area contributed by atoms with Gasteiger partial charge in [-0.25, -0.2) is 9.97 Å². The Balaban J connectivity index is 1.03. The molecule has 260 valence electrons. The number of allylic oxidation sites excluding steroid dienone is 4. The van der Waals surface area contributed by atoms with Crippen molar-refractivity contribution >= 4 is 60.2 Å². The SMILES string of the molecule is CC1C=CC(n2c3ccccc3c3cc(-c4ccc5c6ccccc6n(-c6ccc(-c7nc(-c8ccccc8)c8ccccc8n7)cc6)c5c4)ccc32)=CC1. The zero-order valence-electron chi connectivity index (χ0n) is 30.4. The molecule has 0 bridgehead atoms. The van der Waals surface area contributed by atoms with Crippen LogP contribution in [0.5, 0.6) is 0 Å². The van der Waals surface area contributed by atoms with Crippen LogP contribution in [0.4, 0.5) is 0 Å². The average Bonchev–Trinajstić information content (AvgIpc) is 3.76. The van der Waals surface area contributed by atoms with Crippen molar-refractivity contribution in [2.24, 2.45) is 5.92 Å². The Kier molecular flexibility index (Phi) is 7.17. The Bertz CT molecular complexity index is 3180. The lowest BCUT2D eigenvalue weighted by atomic mass is 10.0. The highest BCUT2D eigenvalue weighted by molar-refractivity contribution is 6.13. The minimum Gasteiger partial charge on any atom is -0.310 e. The average molecular weight is 705 g/mol. The first-order valence-electron chi connectivity index (χ1n) is 19.1. The van der Waals surface area contributed by atoms with Crippen LogP contribution in [0.15, 0.2) is 182 Å². The van der Waals surface area contributed by atoms with Crippen molar-refractivity contribution in [1.29, 1.82) is 0 Å². The normalized spacial score (nSPS) is 14.4. The van der Waals surface area contributed by atoms with Crippen molar-refractivity contribution < 1.29 is 0 Å². The monoisotopic (exact) mass is 704 g/mol. The van der Waals surface area contributed by atoms with E-state index in [0.717, 1.165) is 45.7 Å². The van der Waals surface area contributed by atoms with Crippen molar-refractivity contribution in [1.82, 2.24) is 19.1 Å². The van der Waals surface area contributed by atoms with Crippen molar-refractivity contribution in [2.45, 2.75) is 13.3 Å². The van der Waals surface area contributed by atoms with Crippen LogP contribution in [0.1, 0.15) is 13.3 Å². The predicted molar refractivity (Wildman–Crippen MR) is 230 cm³/mol. The van der Waals surface area contributed by atoms with Crippen LogP contribution >= 0.6 is 0 Å². The number of aromatic nitrogens is 4. The molecular weight excluding hydrogens is 669 g/mol. The van der Waals surface area contributed by atoms with Gasteiger partial charge in [-0.2, -0.15) is 0 Å². The lowest BCUT2D eigenvalue weighted by Crippen LogP contribution is -2.00. The zero-order chi connectivity index (χ0) is 36.5. The summed E-state index contributed by atoms with van der Waals surface area (Å²) in [6, 6.07) is 58.7. The van der Waals surface area contributed by atoms with Crippen LogP contribution in [0, 0.1) is 5.92 Å². The molecule has 3 heterocycles. The fourth-order valence-corrected chi connectivity index (χ4v) is 8.52.